The summed E-state index contributed by atoms with van der Waals surface area (Å²) in [6, 6.07) is 0. The van der Waals surface area contributed by atoms with Gasteiger partial charge >= 0.3 is 5.97 Å². The Hall–Kier alpha value is -0.610. The van der Waals surface area contributed by atoms with Gasteiger partial charge in [0.25, 0.3) is 0 Å². The van der Waals surface area contributed by atoms with Gasteiger partial charge in [0.2, 0.25) is 0 Å². The molecule has 1 heterocycles. The minimum atomic E-state index is -0.107. The normalized spacial score (nSPS) is 20.0. The second kappa shape index (κ2) is 5.32. The summed E-state index contributed by atoms with van der Waals surface area (Å²) in [6.07, 6.45) is -0.00466. The van der Waals surface area contributed by atoms with Crippen LogP contribution >= 0.6 is 0 Å². The van der Waals surface area contributed by atoms with E-state index in [-0.39, 0.29) is 12.1 Å². The standard InChI is InChI=1S/C10H20N2O2/c1-9(2)14-10(13)8-12-6-4-11(3)5-7-12/h9H,4-8H2,1-3H3. The predicted octanol–water partition coefficient (Wildman–Crippen LogP) is 0.185. The maximum Gasteiger partial charge on any atom is 0.320 e. The van der Waals surface area contributed by atoms with E-state index in [0.29, 0.717) is 6.54 Å². The smallest absolute Gasteiger partial charge is 0.320 e. The third-order valence-electron chi connectivity index (χ3n) is 2.32. The van der Waals surface area contributed by atoms with Gasteiger partial charge in [0.15, 0.2) is 0 Å². The van der Waals surface area contributed by atoms with Crippen LogP contribution in [-0.4, -0.2) is 61.6 Å². The van der Waals surface area contributed by atoms with E-state index in [4.69, 9.17) is 4.74 Å². The Kier molecular flexibility index (Phi) is 4.35. The third kappa shape index (κ3) is 4.07. The maximum atomic E-state index is 11.3. The molecule has 1 aliphatic heterocycles. The molecule has 0 aliphatic carbocycles. The molecule has 1 aliphatic rings. The molecule has 0 radical (unpaired) electrons. The van der Waals surface area contributed by atoms with Gasteiger partial charge in [0, 0.05) is 26.2 Å². The molecule has 14 heavy (non-hydrogen) atoms. The number of piperazine rings is 1. The molecular formula is C10H20N2O2. The lowest BCUT2D eigenvalue weighted by atomic mass is 10.3. The molecule has 1 fully saturated rings. The molecule has 4 nitrogen and oxygen atoms in total. The number of ether oxygens (including phenoxy) is 1. The lowest BCUT2D eigenvalue weighted by Gasteiger charge is -2.31. The minimum Gasteiger partial charge on any atom is -0.462 e. The van der Waals surface area contributed by atoms with Crippen LogP contribution in [0, 0.1) is 0 Å². The van der Waals surface area contributed by atoms with Crippen LogP contribution in [-0.2, 0) is 9.53 Å². The van der Waals surface area contributed by atoms with Gasteiger partial charge < -0.3 is 9.64 Å². The van der Waals surface area contributed by atoms with Crippen molar-refractivity contribution in [1.82, 2.24) is 9.80 Å². The highest BCUT2D eigenvalue weighted by atomic mass is 16.5. The highest BCUT2D eigenvalue weighted by molar-refractivity contribution is 5.71. The molecule has 0 bridgehead atoms. The highest BCUT2D eigenvalue weighted by Crippen LogP contribution is 2.00. The zero-order chi connectivity index (χ0) is 10.6. The van der Waals surface area contributed by atoms with Crippen LogP contribution < -0.4 is 0 Å². The Balaban J connectivity index is 2.20. The van der Waals surface area contributed by atoms with Gasteiger partial charge in [0.1, 0.15) is 0 Å². The molecule has 0 amide bonds. The fourth-order valence-electron chi connectivity index (χ4n) is 1.49. The maximum absolute atomic E-state index is 11.3. The minimum absolute atomic E-state index is 0.00466. The molecule has 0 aromatic heterocycles. The van der Waals surface area contributed by atoms with Crippen molar-refractivity contribution in [3.05, 3.63) is 0 Å². The van der Waals surface area contributed by atoms with E-state index in [9.17, 15) is 4.79 Å². The summed E-state index contributed by atoms with van der Waals surface area (Å²) in [5, 5.41) is 0. The van der Waals surface area contributed by atoms with Gasteiger partial charge in [-0.1, -0.05) is 0 Å². The molecular weight excluding hydrogens is 180 g/mol. The number of hydrogen-bond acceptors (Lipinski definition) is 4. The SMILES string of the molecule is CC(C)OC(=O)CN1CCN(C)CC1. The first-order chi connectivity index (χ1) is 6.58. The summed E-state index contributed by atoms with van der Waals surface area (Å²) in [6.45, 7) is 8.19. The van der Waals surface area contributed by atoms with Gasteiger partial charge in [-0.3, -0.25) is 9.69 Å². The first-order valence-electron chi connectivity index (χ1n) is 5.18. The third-order valence-corrected chi connectivity index (χ3v) is 2.32. The van der Waals surface area contributed by atoms with E-state index < -0.39 is 0 Å². The van der Waals surface area contributed by atoms with Crippen molar-refractivity contribution in [2.75, 3.05) is 39.8 Å². The average molecular weight is 200 g/mol. The Morgan fingerprint density at radius 3 is 2.36 bits per heavy atom. The molecule has 0 spiro atoms. The van der Waals surface area contributed by atoms with Crippen LogP contribution in [0.5, 0.6) is 0 Å². The molecule has 0 N–H and O–H groups in total. The van der Waals surface area contributed by atoms with Crippen molar-refractivity contribution >= 4 is 5.97 Å². The molecule has 4 heteroatoms. The van der Waals surface area contributed by atoms with Crippen molar-refractivity contribution in [3.63, 3.8) is 0 Å². The second-order valence-electron chi connectivity index (χ2n) is 4.12. The van der Waals surface area contributed by atoms with E-state index in [0.717, 1.165) is 26.2 Å². The van der Waals surface area contributed by atoms with Gasteiger partial charge in [-0.25, -0.2) is 0 Å². The summed E-state index contributed by atoms with van der Waals surface area (Å²) < 4.78 is 5.09. The van der Waals surface area contributed by atoms with Gasteiger partial charge in [-0.05, 0) is 20.9 Å². The number of esters is 1. The second-order valence-corrected chi connectivity index (χ2v) is 4.12. The van der Waals surface area contributed by atoms with Crippen molar-refractivity contribution in [2.24, 2.45) is 0 Å². The topological polar surface area (TPSA) is 32.8 Å². The Labute approximate surface area is 85.8 Å². The number of likely N-dealkylation sites (N-methyl/N-ethyl adjacent to an activating group) is 1. The first kappa shape index (κ1) is 11.5. The molecule has 82 valence electrons. The summed E-state index contributed by atoms with van der Waals surface area (Å²) in [4.78, 5) is 15.7. The number of nitrogens with zero attached hydrogens (tertiary/aromatic N) is 2. The molecule has 0 atom stereocenters. The van der Waals surface area contributed by atoms with Crippen LogP contribution in [0.15, 0.2) is 0 Å². The first-order valence-corrected chi connectivity index (χ1v) is 5.18. The van der Waals surface area contributed by atoms with Crippen molar-refractivity contribution in [2.45, 2.75) is 20.0 Å². The molecule has 1 rings (SSSR count). The van der Waals surface area contributed by atoms with Crippen LogP contribution in [0.2, 0.25) is 0 Å². The fourth-order valence-corrected chi connectivity index (χ4v) is 1.49. The number of carbonyl (C=O) groups excluding carboxylic acids is 1. The summed E-state index contributed by atoms with van der Waals surface area (Å²) in [5.74, 6) is -0.107. The predicted molar refractivity (Wildman–Crippen MR) is 55.2 cm³/mol. The number of hydrogen-bond donors (Lipinski definition) is 0. The fraction of sp³-hybridized carbons (Fsp3) is 0.900. The number of carbonyl (C=O) groups is 1. The Bertz CT molecular complexity index is 187. The Morgan fingerprint density at radius 2 is 1.86 bits per heavy atom. The highest BCUT2D eigenvalue weighted by Gasteiger charge is 2.17. The van der Waals surface area contributed by atoms with Crippen molar-refractivity contribution in [1.29, 1.82) is 0 Å². The van der Waals surface area contributed by atoms with Crippen molar-refractivity contribution < 1.29 is 9.53 Å². The summed E-state index contributed by atoms with van der Waals surface area (Å²) in [7, 11) is 2.10. The lowest BCUT2D eigenvalue weighted by Crippen LogP contribution is -2.46. The monoisotopic (exact) mass is 200 g/mol. The number of rotatable bonds is 3. The molecule has 0 unspecified atom stereocenters. The quantitative estimate of drug-likeness (QED) is 0.609. The summed E-state index contributed by atoms with van der Waals surface area (Å²) >= 11 is 0. The van der Waals surface area contributed by atoms with E-state index in [1.807, 2.05) is 13.8 Å². The molecule has 0 aromatic carbocycles. The van der Waals surface area contributed by atoms with Gasteiger partial charge in [-0.2, -0.15) is 0 Å². The zero-order valence-corrected chi connectivity index (χ0v) is 9.32. The van der Waals surface area contributed by atoms with Gasteiger partial charge in [-0.15, -0.1) is 0 Å². The summed E-state index contributed by atoms with van der Waals surface area (Å²) in [5.41, 5.74) is 0. The van der Waals surface area contributed by atoms with E-state index in [2.05, 4.69) is 16.8 Å². The van der Waals surface area contributed by atoms with E-state index in [1.54, 1.807) is 0 Å². The molecule has 0 aromatic rings. The Morgan fingerprint density at radius 1 is 1.29 bits per heavy atom. The van der Waals surface area contributed by atoms with Crippen LogP contribution in [0.1, 0.15) is 13.8 Å². The zero-order valence-electron chi connectivity index (χ0n) is 9.32. The van der Waals surface area contributed by atoms with Crippen LogP contribution in [0.25, 0.3) is 0 Å². The molecule has 1 saturated heterocycles. The van der Waals surface area contributed by atoms with Gasteiger partial charge in [0.05, 0.1) is 12.6 Å². The van der Waals surface area contributed by atoms with Crippen LogP contribution in [0.4, 0.5) is 0 Å². The van der Waals surface area contributed by atoms with Crippen molar-refractivity contribution in [3.8, 4) is 0 Å². The van der Waals surface area contributed by atoms with E-state index >= 15 is 0 Å². The lowest BCUT2D eigenvalue weighted by molar-refractivity contribution is -0.149. The largest absolute Gasteiger partial charge is 0.462 e. The molecule has 0 saturated carbocycles. The van der Waals surface area contributed by atoms with E-state index in [1.165, 1.54) is 0 Å². The average Bonchev–Trinajstić information content (AvgIpc) is 2.07. The van der Waals surface area contributed by atoms with Crippen LogP contribution in [0.3, 0.4) is 0 Å².